The van der Waals surface area contributed by atoms with E-state index in [0.717, 1.165) is 0 Å². The quantitative estimate of drug-likeness (QED) is 0.448. The Morgan fingerprint density at radius 2 is 1.92 bits per heavy atom. The molecule has 1 amide bonds. The Kier molecular flexibility index (Phi) is 7.55. The number of pyridine rings is 1. The van der Waals surface area contributed by atoms with Crippen LogP contribution in [-0.4, -0.2) is 62.0 Å². The first-order chi connectivity index (χ1) is 17.9. The summed E-state index contributed by atoms with van der Waals surface area (Å²) in [4.78, 5) is 42.5. The maximum absolute atomic E-state index is 13.8. The van der Waals surface area contributed by atoms with Crippen molar-refractivity contribution >= 4 is 40.8 Å². The number of aromatic nitrogens is 3. The first kappa shape index (κ1) is 27.3. The van der Waals surface area contributed by atoms with Crippen molar-refractivity contribution in [3.05, 3.63) is 69.5 Å². The minimum Gasteiger partial charge on any atom is -0.478 e. The van der Waals surface area contributed by atoms with Gasteiger partial charge in [-0.2, -0.15) is 0 Å². The number of piperazine rings is 1. The molecule has 3 heterocycles. The molecule has 1 fully saturated rings. The molecule has 4 rings (SSSR count). The zero-order chi connectivity index (χ0) is 27.8. The highest BCUT2D eigenvalue weighted by Gasteiger charge is 2.38. The van der Waals surface area contributed by atoms with Gasteiger partial charge in [-0.15, -0.1) is 0 Å². The van der Waals surface area contributed by atoms with Gasteiger partial charge >= 0.3 is 5.97 Å². The van der Waals surface area contributed by atoms with Crippen LogP contribution >= 0.6 is 11.6 Å². The smallest absolute Gasteiger partial charge is 0.337 e. The molecule has 0 unspecified atom stereocenters. The van der Waals surface area contributed by atoms with Gasteiger partial charge in [-0.3, -0.25) is 4.79 Å². The Hall–Kier alpha value is -3.79. The number of amides is 1. The molecule has 0 spiro atoms. The molecule has 1 saturated heterocycles. The molecule has 1 aliphatic heterocycles. The predicted molar refractivity (Wildman–Crippen MR) is 144 cm³/mol. The lowest BCUT2D eigenvalue weighted by atomic mass is 9.97. The number of carbonyl (C=O) groups excluding carboxylic acids is 1. The number of anilines is 3. The third-order valence-corrected chi connectivity index (χ3v) is 6.96. The van der Waals surface area contributed by atoms with E-state index in [-0.39, 0.29) is 22.2 Å². The van der Waals surface area contributed by atoms with E-state index in [0.29, 0.717) is 60.3 Å². The van der Waals surface area contributed by atoms with E-state index in [2.05, 4.69) is 25.2 Å². The molecule has 9 nitrogen and oxygen atoms in total. The number of aromatic carboxylic acids is 1. The third-order valence-electron chi connectivity index (χ3n) is 6.65. The van der Waals surface area contributed by atoms with Crippen LogP contribution in [-0.2, 0) is 6.42 Å². The molecule has 3 aromatic rings. The highest BCUT2D eigenvalue weighted by atomic mass is 35.5. The van der Waals surface area contributed by atoms with Gasteiger partial charge in [0.05, 0.1) is 33.7 Å². The number of hydrogen-bond acceptors (Lipinski definition) is 7. The molecule has 2 aromatic heterocycles. The molecule has 38 heavy (non-hydrogen) atoms. The van der Waals surface area contributed by atoms with Crippen LogP contribution in [0.4, 0.5) is 21.7 Å². The van der Waals surface area contributed by atoms with Crippen molar-refractivity contribution in [3.8, 4) is 0 Å². The number of aryl methyl sites for hydroxylation is 3. The lowest BCUT2D eigenvalue weighted by Gasteiger charge is -2.47. The SMILES string of the molecule is CCc1nc(C(=O)N2CCN(c3cc(C)c(C(=O)O)c(C)n3)CC2(C)C)cnc1Nc1ccc(Cl)c(F)c1. The molecule has 0 aliphatic carbocycles. The van der Waals surface area contributed by atoms with E-state index in [1.54, 1.807) is 30.9 Å². The minimum atomic E-state index is -0.996. The van der Waals surface area contributed by atoms with Crippen LogP contribution < -0.4 is 10.2 Å². The summed E-state index contributed by atoms with van der Waals surface area (Å²) in [6.07, 6.45) is 1.94. The van der Waals surface area contributed by atoms with Crippen LogP contribution in [0.15, 0.2) is 30.5 Å². The summed E-state index contributed by atoms with van der Waals surface area (Å²) in [5, 5.41) is 12.5. The molecule has 0 saturated carbocycles. The third kappa shape index (κ3) is 5.40. The minimum absolute atomic E-state index is 0.0272. The second-order valence-electron chi connectivity index (χ2n) is 9.91. The highest BCUT2D eigenvalue weighted by Crippen LogP contribution is 2.29. The average Bonchev–Trinajstić information content (AvgIpc) is 2.84. The van der Waals surface area contributed by atoms with Gasteiger partial charge in [0.25, 0.3) is 5.91 Å². The van der Waals surface area contributed by atoms with Crippen molar-refractivity contribution < 1.29 is 19.1 Å². The zero-order valence-electron chi connectivity index (χ0n) is 22.0. The van der Waals surface area contributed by atoms with E-state index in [9.17, 15) is 19.1 Å². The van der Waals surface area contributed by atoms with Gasteiger partial charge in [0, 0.05) is 25.3 Å². The molecule has 1 aromatic carbocycles. The van der Waals surface area contributed by atoms with Crippen molar-refractivity contribution in [1.82, 2.24) is 19.9 Å². The molecule has 2 N–H and O–H groups in total. The molecule has 0 radical (unpaired) electrons. The maximum Gasteiger partial charge on any atom is 0.337 e. The number of nitrogens with one attached hydrogen (secondary N) is 1. The summed E-state index contributed by atoms with van der Waals surface area (Å²) in [6.45, 7) is 10.8. The molecular formula is C27H30ClFN6O3. The summed E-state index contributed by atoms with van der Waals surface area (Å²) in [7, 11) is 0. The van der Waals surface area contributed by atoms with Crippen molar-refractivity contribution in [2.45, 2.75) is 46.6 Å². The number of hydrogen-bond donors (Lipinski definition) is 2. The van der Waals surface area contributed by atoms with Gasteiger partial charge in [0.1, 0.15) is 17.3 Å². The van der Waals surface area contributed by atoms with Crippen molar-refractivity contribution in [1.29, 1.82) is 0 Å². The summed E-state index contributed by atoms with van der Waals surface area (Å²) >= 11 is 5.77. The fourth-order valence-electron chi connectivity index (χ4n) is 4.75. The van der Waals surface area contributed by atoms with E-state index >= 15 is 0 Å². The van der Waals surface area contributed by atoms with Crippen LogP contribution in [0.3, 0.4) is 0 Å². The van der Waals surface area contributed by atoms with E-state index in [1.165, 1.54) is 18.3 Å². The summed E-state index contributed by atoms with van der Waals surface area (Å²) in [5.74, 6) is -0.649. The van der Waals surface area contributed by atoms with Crippen LogP contribution in [0.25, 0.3) is 0 Å². The van der Waals surface area contributed by atoms with Gasteiger partial charge in [0.2, 0.25) is 0 Å². The number of nitrogens with zero attached hydrogens (tertiary/aromatic N) is 5. The second kappa shape index (κ2) is 10.5. The lowest BCUT2D eigenvalue weighted by molar-refractivity contribution is 0.0506. The summed E-state index contributed by atoms with van der Waals surface area (Å²) < 4.78 is 13.8. The maximum atomic E-state index is 13.8. The number of carbonyl (C=O) groups is 2. The van der Waals surface area contributed by atoms with Gasteiger partial charge in [-0.1, -0.05) is 18.5 Å². The molecule has 1 aliphatic rings. The monoisotopic (exact) mass is 540 g/mol. The average molecular weight is 541 g/mol. The molecule has 0 atom stereocenters. The number of rotatable bonds is 6. The topological polar surface area (TPSA) is 112 Å². The van der Waals surface area contributed by atoms with Gasteiger partial charge in [0.15, 0.2) is 5.82 Å². The second-order valence-corrected chi connectivity index (χ2v) is 10.3. The summed E-state index contributed by atoms with van der Waals surface area (Å²) in [6, 6.07) is 6.15. The van der Waals surface area contributed by atoms with Crippen LogP contribution in [0.2, 0.25) is 5.02 Å². The van der Waals surface area contributed by atoms with E-state index in [1.807, 2.05) is 20.8 Å². The standard InChI is InChI=1S/C27H30ClFN6O3/c1-6-20-24(32-17-7-8-18(28)19(29)12-17)30-13-21(33-20)25(36)35-10-9-34(14-27(35,4)5)22-11-15(2)23(26(37)38)16(3)31-22/h7-8,11-13H,6,9-10,14H2,1-5H3,(H,30,32)(H,37,38). The molecule has 11 heteroatoms. The number of carboxylic acids is 1. The normalized spacial score (nSPS) is 14.9. The van der Waals surface area contributed by atoms with Gasteiger partial charge in [-0.05, 0) is 63.9 Å². The molecule has 200 valence electrons. The number of halogens is 2. The van der Waals surface area contributed by atoms with Crippen LogP contribution in [0.1, 0.15) is 58.6 Å². The molecular weight excluding hydrogens is 511 g/mol. The first-order valence-electron chi connectivity index (χ1n) is 12.3. The Morgan fingerprint density at radius 1 is 1.18 bits per heavy atom. The van der Waals surface area contributed by atoms with E-state index < -0.39 is 17.3 Å². The van der Waals surface area contributed by atoms with Gasteiger partial charge in [-0.25, -0.2) is 24.1 Å². The Labute approximate surface area is 225 Å². The van der Waals surface area contributed by atoms with Gasteiger partial charge < -0.3 is 20.2 Å². The van der Waals surface area contributed by atoms with Crippen LogP contribution in [0, 0.1) is 19.7 Å². The van der Waals surface area contributed by atoms with E-state index in [4.69, 9.17) is 11.6 Å². The lowest BCUT2D eigenvalue weighted by Crippen LogP contribution is -2.61. The first-order valence-corrected chi connectivity index (χ1v) is 12.7. The number of carboxylic acid groups (broad SMARTS) is 1. The van der Waals surface area contributed by atoms with Crippen molar-refractivity contribution in [3.63, 3.8) is 0 Å². The fourth-order valence-corrected chi connectivity index (χ4v) is 4.87. The van der Waals surface area contributed by atoms with Crippen LogP contribution in [0.5, 0.6) is 0 Å². The largest absolute Gasteiger partial charge is 0.478 e. The van der Waals surface area contributed by atoms with Crippen molar-refractivity contribution in [2.75, 3.05) is 29.9 Å². The number of benzene rings is 1. The Morgan fingerprint density at radius 3 is 2.53 bits per heavy atom. The van der Waals surface area contributed by atoms with Crippen molar-refractivity contribution in [2.24, 2.45) is 0 Å². The Balaban J connectivity index is 1.53. The predicted octanol–water partition coefficient (Wildman–Crippen LogP) is 5.03. The summed E-state index contributed by atoms with van der Waals surface area (Å²) in [5.41, 5.74) is 2.04. The fraction of sp³-hybridized carbons (Fsp3) is 0.370. The zero-order valence-corrected chi connectivity index (χ0v) is 22.7. The molecule has 0 bridgehead atoms. The highest BCUT2D eigenvalue weighted by molar-refractivity contribution is 6.30. The Bertz CT molecular complexity index is 1390.